The highest BCUT2D eigenvalue weighted by Crippen LogP contribution is 1.91. The van der Waals surface area contributed by atoms with Crippen LogP contribution in [0.15, 0.2) is 0 Å². The monoisotopic (exact) mass is 190 g/mol. The van der Waals surface area contributed by atoms with Crippen molar-refractivity contribution >= 4 is 0 Å². The molecule has 2 heteroatoms. The Balaban J connectivity index is 0. The van der Waals surface area contributed by atoms with Crippen LogP contribution in [0.1, 0.15) is 20.8 Å². The lowest BCUT2D eigenvalue weighted by molar-refractivity contribution is -0.886. The molecule has 0 heterocycles. The van der Waals surface area contributed by atoms with E-state index in [0.717, 1.165) is 8.97 Å². The summed E-state index contributed by atoms with van der Waals surface area (Å²) >= 11 is 0. The predicted molar refractivity (Wildman–Crippen MR) is 61.8 cm³/mol. The highest BCUT2D eigenvalue weighted by Gasteiger charge is 2.04. The molecule has 0 aromatic carbocycles. The second-order valence-electron chi connectivity index (χ2n) is 5.17. The molecule has 0 aromatic heterocycles. The first-order valence-corrected chi connectivity index (χ1v) is 5.31. The quantitative estimate of drug-likeness (QED) is 0.596. The molecular formula is C11H30N2+2. The lowest BCUT2D eigenvalue weighted by Crippen LogP contribution is -2.38. The zero-order valence-electron chi connectivity index (χ0n) is 11.0. The van der Waals surface area contributed by atoms with Gasteiger partial charge in [-0.15, -0.1) is 0 Å². The fourth-order valence-electron chi connectivity index (χ4n) is 0.224. The molecule has 0 N–H and O–H groups in total. The van der Waals surface area contributed by atoms with Gasteiger partial charge in [0.05, 0.1) is 54.9 Å². The van der Waals surface area contributed by atoms with E-state index < -0.39 is 0 Å². The fourth-order valence-corrected chi connectivity index (χ4v) is 0.224. The highest BCUT2D eigenvalue weighted by molar-refractivity contribution is 4.17. The summed E-state index contributed by atoms with van der Waals surface area (Å²) in [5.74, 6) is 0. The van der Waals surface area contributed by atoms with Crippen molar-refractivity contribution < 1.29 is 8.97 Å². The molecule has 0 saturated heterocycles. The predicted octanol–water partition coefficient (Wildman–Crippen LogP) is 1.82. The van der Waals surface area contributed by atoms with Gasteiger partial charge in [-0.2, -0.15) is 0 Å². The summed E-state index contributed by atoms with van der Waals surface area (Å²) in [5.41, 5.74) is 0. The van der Waals surface area contributed by atoms with Crippen molar-refractivity contribution in [2.45, 2.75) is 20.8 Å². The maximum Gasteiger partial charge on any atom is 0.0753 e. The van der Waals surface area contributed by atoms with Crippen molar-refractivity contribution in [1.82, 2.24) is 0 Å². The first-order valence-electron chi connectivity index (χ1n) is 5.31. The molecule has 0 saturated carbocycles. The van der Waals surface area contributed by atoms with Crippen molar-refractivity contribution in [3.63, 3.8) is 0 Å². The summed E-state index contributed by atoms with van der Waals surface area (Å²) in [6.45, 7) is 10.3. The molecule has 82 valence electrons. The van der Waals surface area contributed by atoms with Gasteiger partial charge in [0.15, 0.2) is 0 Å². The van der Waals surface area contributed by atoms with Crippen LogP contribution >= 0.6 is 0 Å². The van der Waals surface area contributed by atoms with Crippen LogP contribution in [-0.4, -0.2) is 63.8 Å². The molecule has 0 spiro atoms. The van der Waals surface area contributed by atoms with Gasteiger partial charge in [-0.1, -0.05) is 0 Å². The van der Waals surface area contributed by atoms with Gasteiger partial charge >= 0.3 is 0 Å². The van der Waals surface area contributed by atoms with Gasteiger partial charge < -0.3 is 8.97 Å². The minimum Gasteiger partial charge on any atom is -0.331 e. The molecule has 0 aliphatic heterocycles. The van der Waals surface area contributed by atoms with Crippen molar-refractivity contribution in [1.29, 1.82) is 0 Å². The molecular weight excluding hydrogens is 160 g/mol. The molecule has 0 atom stereocenters. The first-order chi connectivity index (χ1) is 5.68. The van der Waals surface area contributed by atoms with Gasteiger partial charge in [-0.25, -0.2) is 0 Å². The molecule has 13 heavy (non-hydrogen) atoms. The average Bonchev–Trinajstić information content (AvgIpc) is 2.04. The molecule has 0 fully saturated rings. The summed E-state index contributed by atoms with van der Waals surface area (Å²) in [5, 5.41) is 0. The van der Waals surface area contributed by atoms with Crippen molar-refractivity contribution in [2.24, 2.45) is 0 Å². The first kappa shape index (κ1) is 15.4. The van der Waals surface area contributed by atoms with E-state index in [1.807, 2.05) is 0 Å². The summed E-state index contributed by atoms with van der Waals surface area (Å²) in [4.78, 5) is 0. The summed E-state index contributed by atoms with van der Waals surface area (Å²) in [6, 6.07) is 0. The van der Waals surface area contributed by atoms with E-state index in [1.165, 1.54) is 19.6 Å². The summed E-state index contributed by atoms with van der Waals surface area (Å²) in [7, 11) is 11.0. The third-order valence-electron chi connectivity index (χ3n) is 2.66. The zero-order chi connectivity index (χ0) is 11.1. The normalized spacial score (nSPS) is 12.0. The molecule has 0 radical (unpaired) electrons. The van der Waals surface area contributed by atoms with Crippen LogP contribution in [0.25, 0.3) is 0 Å². The maximum atomic E-state index is 2.24. The topological polar surface area (TPSA) is 0 Å². The van der Waals surface area contributed by atoms with E-state index in [9.17, 15) is 0 Å². The Hall–Kier alpha value is -0.0800. The van der Waals surface area contributed by atoms with E-state index in [4.69, 9.17) is 0 Å². The van der Waals surface area contributed by atoms with E-state index >= 15 is 0 Å². The van der Waals surface area contributed by atoms with Crippen LogP contribution in [0.3, 0.4) is 0 Å². The molecule has 0 aromatic rings. The van der Waals surface area contributed by atoms with Gasteiger partial charge in [0, 0.05) is 0 Å². The van der Waals surface area contributed by atoms with Crippen LogP contribution in [0.2, 0.25) is 0 Å². The number of quaternary nitrogens is 2. The largest absolute Gasteiger partial charge is 0.331 e. The van der Waals surface area contributed by atoms with Crippen LogP contribution in [-0.2, 0) is 0 Å². The van der Waals surface area contributed by atoms with Crippen molar-refractivity contribution in [3.8, 4) is 0 Å². The second-order valence-corrected chi connectivity index (χ2v) is 5.17. The minimum atomic E-state index is 1.07. The Morgan fingerprint density at radius 2 is 0.846 bits per heavy atom. The second kappa shape index (κ2) is 6.39. The number of hydrogen-bond acceptors (Lipinski definition) is 0. The smallest absolute Gasteiger partial charge is 0.0753 e. The SMILES string of the molecule is CC[N+](C)(C)C.CC[N+](C)(C)CC. The third kappa shape index (κ3) is 14.7. The zero-order valence-corrected chi connectivity index (χ0v) is 11.0. The maximum absolute atomic E-state index is 2.24. The van der Waals surface area contributed by atoms with Crippen LogP contribution in [0.4, 0.5) is 0 Å². The molecule has 0 aliphatic rings. The number of nitrogens with zero attached hydrogens (tertiary/aromatic N) is 2. The van der Waals surface area contributed by atoms with E-state index in [0.29, 0.717) is 0 Å². The number of hydrogen-bond donors (Lipinski definition) is 0. The lowest BCUT2D eigenvalue weighted by atomic mass is 10.5. The minimum absolute atomic E-state index is 1.07. The summed E-state index contributed by atoms with van der Waals surface area (Å²) in [6.07, 6.45) is 0. The van der Waals surface area contributed by atoms with Gasteiger partial charge in [0.2, 0.25) is 0 Å². The summed E-state index contributed by atoms with van der Waals surface area (Å²) < 4.78 is 2.21. The lowest BCUT2D eigenvalue weighted by Gasteiger charge is -2.25. The Labute approximate surface area is 85.3 Å². The van der Waals surface area contributed by atoms with Gasteiger partial charge in [0.1, 0.15) is 0 Å². The highest BCUT2D eigenvalue weighted by atomic mass is 15.3. The van der Waals surface area contributed by atoms with E-state index in [1.54, 1.807) is 0 Å². The van der Waals surface area contributed by atoms with Crippen LogP contribution in [0.5, 0.6) is 0 Å². The van der Waals surface area contributed by atoms with E-state index in [-0.39, 0.29) is 0 Å². The van der Waals surface area contributed by atoms with E-state index in [2.05, 4.69) is 56.0 Å². The third-order valence-corrected chi connectivity index (χ3v) is 2.66. The molecule has 0 unspecified atom stereocenters. The molecule has 0 amide bonds. The van der Waals surface area contributed by atoms with Gasteiger partial charge in [-0.05, 0) is 20.8 Å². The Morgan fingerprint density at radius 3 is 0.846 bits per heavy atom. The standard InChI is InChI=1S/C6H16N.C5H14N/c1-5-7(3,4)6-2;1-5-6(2,3)4/h5-6H2,1-4H3;5H2,1-4H3/q2*+1. The fraction of sp³-hybridized carbons (Fsp3) is 1.00. The molecule has 0 aliphatic carbocycles. The van der Waals surface area contributed by atoms with Crippen LogP contribution in [0, 0.1) is 0 Å². The Bertz CT molecular complexity index is 106. The van der Waals surface area contributed by atoms with Gasteiger partial charge in [-0.3, -0.25) is 0 Å². The van der Waals surface area contributed by atoms with Crippen LogP contribution < -0.4 is 0 Å². The molecule has 0 bridgehead atoms. The van der Waals surface area contributed by atoms with Crippen molar-refractivity contribution in [2.75, 3.05) is 54.9 Å². The Morgan fingerprint density at radius 1 is 0.615 bits per heavy atom. The molecule has 2 nitrogen and oxygen atoms in total. The van der Waals surface area contributed by atoms with Gasteiger partial charge in [0.25, 0.3) is 0 Å². The average molecular weight is 190 g/mol. The van der Waals surface area contributed by atoms with Crippen molar-refractivity contribution in [3.05, 3.63) is 0 Å². The molecule has 0 rings (SSSR count). The number of rotatable bonds is 3. The Kier molecular flexibility index (Phi) is 7.56.